The Balaban J connectivity index is 1.51. The molecule has 0 aliphatic heterocycles. The van der Waals surface area contributed by atoms with Crippen molar-refractivity contribution >= 4 is 18.1 Å². The Morgan fingerprint density at radius 2 is 1.30 bits per heavy atom. The highest BCUT2D eigenvalue weighted by atomic mass is 16.5. The molecule has 0 unspecified atom stereocenters. The number of benzene rings is 3. The van der Waals surface area contributed by atoms with E-state index in [-0.39, 0.29) is 0 Å². The number of hydrogen-bond acceptors (Lipinski definition) is 4. The number of hydrogen-bond donors (Lipinski definition) is 0. The molecule has 0 bridgehead atoms. The molecule has 0 aliphatic carbocycles. The molecule has 4 nitrogen and oxygen atoms in total. The number of anilines is 1. The molecular weight excluding hydrogens is 334 g/mol. The van der Waals surface area contributed by atoms with E-state index in [1.807, 2.05) is 80.8 Å². The van der Waals surface area contributed by atoms with E-state index in [4.69, 9.17) is 4.74 Å². The maximum absolute atomic E-state index is 5.78. The molecule has 0 saturated carbocycles. The van der Waals surface area contributed by atoms with E-state index in [0.29, 0.717) is 6.61 Å². The first-order chi connectivity index (χ1) is 13.2. The fourth-order valence-corrected chi connectivity index (χ4v) is 2.45. The van der Waals surface area contributed by atoms with Crippen LogP contribution in [0.4, 0.5) is 5.69 Å². The van der Waals surface area contributed by atoms with E-state index in [9.17, 15) is 0 Å². The molecule has 0 fully saturated rings. The third-order valence-corrected chi connectivity index (χ3v) is 4.02. The molecule has 0 radical (unpaired) electrons. The van der Waals surface area contributed by atoms with Gasteiger partial charge in [-0.1, -0.05) is 42.5 Å². The van der Waals surface area contributed by atoms with Crippen LogP contribution in [0.15, 0.2) is 89.1 Å². The van der Waals surface area contributed by atoms with E-state index in [1.165, 1.54) is 0 Å². The average Bonchev–Trinajstić information content (AvgIpc) is 2.71. The van der Waals surface area contributed by atoms with Gasteiger partial charge in [-0.2, -0.15) is 10.2 Å². The minimum Gasteiger partial charge on any atom is -0.489 e. The molecule has 3 aromatic carbocycles. The van der Waals surface area contributed by atoms with Gasteiger partial charge in [-0.15, -0.1) is 0 Å². The van der Waals surface area contributed by atoms with Crippen molar-refractivity contribution in [1.29, 1.82) is 0 Å². The van der Waals surface area contributed by atoms with Gasteiger partial charge in [0, 0.05) is 19.8 Å². The molecule has 3 aromatic rings. The lowest BCUT2D eigenvalue weighted by atomic mass is 10.2. The van der Waals surface area contributed by atoms with Crippen molar-refractivity contribution in [3.63, 3.8) is 0 Å². The van der Waals surface area contributed by atoms with Gasteiger partial charge in [0.2, 0.25) is 0 Å². The van der Waals surface area contributed by atoms with Crippen molar-refractivity contribution in [1.82, 2.24) is 0 Å². The molecule has 3 rings (SSSR count). The van der Waals surface area contributed by atoms with Crippen LogP contribution in [0.25, 0.3) is 0 Å². The summed E-state index contributed by atoms with van der Waals surface area (Å²) < 4.78 is 5.78. The molecule has 0 heterocycles. The summed E-state index contributed by atoms with van der Waals surface area (Å²) in [5.74, 6) is 0.834. The minimum atomic E-state index is 0.561. The maximum Gasteiger partial charge on any atom is 0.119 e. The number of rotatable bonds is 7. The summed E-state index contributed by atoms with van der Waals surface area (Å²) in [6.07, 6.45) is 3.47. The Labute approximate surface area is 160 Å². The van der Waals surface area contributed by atoms with Crippen molar-refractivity contribution < 1.29 is 4.74 Å². The predicted molar refractivity (Wildman–Crippen MR) is 113 cm³/mol. The summed E-state index contributed by atoms with van der Waals surface area (Å²) in [4.78, 5) is 2.06. The van der Waals surface area contributed by atoms with Crippen LogP contribution < -0.4 is 9.64 Å². The molecule has 136 valence electrons. The van der Waals surface area contributed by atoms with Gasteiger partial charge in [-0.25, -0.2) is 0 Å². The normalized spacial score (nSPS) is 11.2. The van der Waals surface area contributed by atoms with Gasteiger partial charge in [0.15, 0.2) is 0 Å². The summed E-state index contributed by atoms with van der Waals surface area (Å²) in [5.41, 5.74) is 4.30. The van der Waals surface area contributed by atoms with Crippen molar-refractivity contribution in [3.8, 4) is 5.75 Å². The van der Waals surface area contributed by atoms with Gasteiger partial charge in [0.05, 0.1) is 12.4 Å². The zero-order valence-corrected chi connectivity index (χ0v) is 15.6. The predicted octanol–water partition coefficient (Wildman–Crippen LogP) is 4.78. The molecule has 0 aromatic heterocycles. The summed E-state index contributed by atoms with van der Waals surface area (Å²) >= 11 is 0. The van der Waals surface area contributed by atoms with E-state index in [1.54, 1.807) is 12.4 Å². The van der Waals surface area contributed by atoms with E-state index >= 15 is 0 Å². The summed E-state index contributed by atoms with van der Waals surface area (Å²) in [7, 11) is 4.04. The third-order valence-electron chi connectivity index (χ3n) is 4.02. The standard InChI is InChI=1S/C23H23N3O/c1-26(2)22-12-8-19(9-13-22)16-24-25-17-20-10-14-23(15-11-20)27-18-21-6-4-3-5-7-21/h3-17H,18H2,1-2H3/b24-16+,25-17+. The van der Waals surface area contributed by atoms with Gasteiger partial charge < -0.3 is 9.64 Å². The Morgan fingerprint density at radius 1 is 0.741 bits per heavy atom. The molecular formula is C23H23N3O. The van der Waals surface area contributed by atoms with Crippen LogP contribution in [0, 0.1) is 0 Å². The second-order valence-corrected chi connectivity index (χ2v) is 6.32. The lowest BCUT2D eigenvalue weighted by molar-refractivity contribution is 0.306. The van der Waals surface area contributed by atoms with Crippen LogP contribution in [-0.2, 0) is 6.61 Å². The molecule has 0 saturated heterocycles. The topological polar surface area (TPSA) is 37.2 Å². The van der Waals surface area contributed by atoms with Crippen LogP contribution in [-0.4, -0.2) is 26.5 Å². The maximum atomic E-state index is 5.78. The van der Waals surface area contributed by atoms with Crippen LogP contribution in [0.5, 0.6) is 5.75 Å². The zero-order chi connectivity index (χ0) is 18.9. The van der Waals surface area contributed by atoms with Crippen molar-refractivity contribution in [2.45, 2.75) is 6.61 Å². The second kappa shape index (κ2) is 9.34. The van der Waals surface area contributed by atoms with E-state index < -0.39 is 0 Å². The Hall–Kier alpha value is -3.40. The smallest absolute Gasteiger partial charge is 0.119 e. The summed E-state index contributed by atoms with van der Waals surface area (Å²) in [6.45, 7) is 0.561. The summed E-state index contributed by atoms with van der Waals surface area (Å²) in [6, 6.07) is 26.1. The first kappa shape index (κ1) is 18.4. The fourth-order valence-electron chi connectivity index (χ4n) is 2.45. The molecule has 0 amide bonds. The quantitative estimate of drug-likeness (QED) is 0.450. The molecule has 0 spiro atoms. The molecule has 0 aliphatic rings. The summed E-state index contributed by atoms with van der Waals surface area (Å²) in [5, 5.41) is 8.22. The first-order valence-corrected chi connectivity index (χ1v) is 8.81. The van der Waals surface area contributed by atoms with Crippen LogP contribution in [0.3, 0.4) is 0 Å². The van der Waals surface area contributed by atoms with Gasteiger partial charge >= 0.3 is 0 Å². The van der Waals surface area contributed by atoms with Crippen molar-refractivity contribution in [2.24, 2.45) is 10.2 Å². The van der Waals surface area contributed by atoms with Gasteiger partial charge in [-0.3, -0.25) is 0 Å². The Kier molecular flexibility index (Phi) is 6.36. The van der Waals surface area contributed by atoms with Gasteiger partial charge in [0.1, 0.15) is 12.4 Å². The van der Waals surface area contributed by atoms with Gasteiger partial charge in [-0.05, 0) is 53.1 Å². The molecule has 0 atom stereocenters. The fraction of sp³-hybridized carbons (Fsp3) is 0.130. The molecule has 4 heteroatoms. The van der Waals surface area contributed by atoms with Crippen molar-refractivity contribution in [3.05, 3.63) is 95.6 Å². The SMILES string of the molecule is CN(C)c1ccc(/C=N/N=C/c2ccc(OCc3ccccc3)cc2)cc1. The molecule has 0 N–H and O–H groups in total. The van der Waals surface area contributed by atoms with Crippen LogP contribution in [0.1, 0.15) is 16.7 Å². The highest BCUT2D eigenvalue weighted by molar-refractivity contribution is 5.83. The van der Waals surface area contributed by atoms with Gasteiger partial charge in [0.25, 0.3) is 0 Å². The average molecular weight is 357 g/mol. The number of nitrogens with zero attached hydrogens (tertiary/aromatic N) is 3. The first-order valence-electron chi connectivity index (χ1n) is 8.81. The second-order valence-electron chi connectivity index (χ2n) is 6.32. The Bertz CT molecular complexity index is 883. The van der Waals surface area contributed by atoms with E-state index in [0.717, 1.165) is 28.1 Å². The number of ether oxygens (including phenoxy) is 1. The monoisotopic (exact) mass is 357 g/mol. The van der Waals surface area contributed by atoms with Crippen LogP contribution >= 0.6 is 0 Å². The van der Waals surface area contributed by atoms with Crippen molar-refractivity contribution in [2.75, 3.05) is 19.0 Å². The molecule has 27 heavy (non-hydrogen) atoms. The zero-order valence-electron chi connectivity index (χ0n) is 15.6. The minimum absolute atomic E-state index is 0.561. The Morgan fingerprint density at radius 3 is 1.85 bits per heavy atom. The lowest BCUT2D eigenvalue weighted by Crippen LogP contribution is -2.08. The highest BCUT2D eigenvalue weighted by Crippen LogP contribution is 2.14. The highest BCUT2D eigenvalue weighted by Gasteiger charge is 1.96. The van der Waals surface area contributed by atoms with Crippen LogP contribution in [0.2, 0.25) is 0 Å². The largest absolute Gasteiger partial charge is 0.489 e. The van der Waals surface area contributed by atoms with E-state index in [2.05, 4.69) is 27.2 Å². The third kappa shape index (κ3) is 5.82. The lowest BCUT2D eigenvalue weighted by Gasteiger charge is -2.11.